The zero-order chi connectivity index (χ0) is 13.1. The predicted octanol–water partition coefficient (Wildman–Crippen LogP) is 2.53. The molecule has 6 heteroatoms. The number of aliphatic carboxylic acids is 1. The Kier molecular flexibility index (Phi) is 3.72. The van der Waals surface area contributed by atoms with Crippen LogP contribution in [0.2, 0.25) is 5.02 Å². The molecule has 0 aliphatic carbocycles. The van der Waals surface area contributed by atoms with Crippen molar-refractivity contribution in [3.63, 3.8) is 0 Å². The molecule has 0 saturated carbocycles. The molecule has 0 aromatic heterocycles. The average molecular weight is 270 g/mol. The third-order valence-corrected chi connectivity index (χ3v) is 3.01. The van der Waals surface area contributed by atoms with E-state index in [2.05, 4.69) is 0 Å². The van der Waals surface area contributed by atoms with Gasteiger partial charge in [0.05, 0.1) is 19.1 Å². The Hall–Kier alpha value is -1.75. The Morgan fingerprint density at radius 3 is 2.72 bits per heavy atom. The van der Waals surface area contributed by atoms with Crippen LogP contribution < -0.4 is 4.90 Å². The van der Waals surface area contributed by atoms with Crippen LogP contribution in [0.4, 0.5) is 10.5 Å². The van der Waals surface area contributed by atoms with E-state index in [0.717, 1.165) is 0 Å². The van der Waals surface area contributed by atoms with Crippen molar-refractivity contribution in [1.82, 2.24) is 0 Å². The molecule has 0 radical (unpaired) electrons. The second-order valence-corrected chi connectivity index (χ2v) is 4.44. The molecule has 1 heterocycles. The van der Waals surface area contributed by atoms with Gasteiger partial charge in [-0.15, -0.1) is 0 Å². The largest absolute Gasteiger partial charge is 0.481 e. The number of benzene rings is 1. The van der Waals surface area contributed by atoms with Crippen LogP contribution >= 0.6 is 11.6 Å². The SMILES string of the molecule is O=C(O)CC1CCOC(=O)N1c1ccc(Cl)cc1. The zero-order valence-corrected chi connectivity index (χ0v) is 10.3. The summed E-state index contributed by atoms with van der Waals surface area (Å²) in [6, 6.07) is 6.26. The molecule has 1 fully saturated rings. The first kappa shape index (κ1) is 12.7. The molecule has 1 atom stereocenters. The summed E-state index contributed by atoms with van der Waals surface area (Å²) in [5.41, 5.74) is 0.593. The van der Waals surface area contributed by atoms with Gasteiger partial charge in [-0.25, -0.2) is 4.79 Å². The van der Waals surface area contributed by atoms with Gasteiger partial charge in [-0.05, 0) is 24.3 Å². The molecule has 0 bridgehead atoms. The highest BCUT2D eigenvalue weighted by molar-refractivity contribution is 6.30. The summed E-state index contributed by atoms with van der Waals surface area (Å²) in [6.45, 7) is 0.251. The van der Waals surface area contributed by atoms with Gasteiger partial charge in [0.15, 0.2) is 0 Å². The van der Waals surface area contributed by atoms with Gasteiger partial charge in [0.1, 0.15) is 0 Å². The highest BCUT2D eigenvalue weighted by Crippen LogP contribution is 2.26. The van der Waals surface area contributed by atoms with E-state index in [0.29, 0.717) is 17.1 Å². The van der Waals surface area contributed by atoms with Crippen molar-refractivity contribution in [1.29, 1.82) is 0 Å². The van der Waals surface area contributed by atoms with Crippen LogP contribution in [0.1, 0.15) is 12.8 Å². The second kappa shape index (κ2) is 5.27. The number of ether oxygens (including phenoxy) is 1. The van der Waals surface area contributed by atoms with E-state index >= 15 is 0 Å². The molecule has 18 heavy (non-hydrogen) atoms. The van der Waals surface area contributed by atoms with E-state index in [-0.39, 0.29) is 19.1 Å². The summed E-state index contributed by atoms with van der Waals surface area (Å²) in [6.07, 6.45) is -0.117. The Balaban J connectivity index is 2.26. The van der Waals surface area contributed by atoms with Crippen molar-refractivity contribution in [3.8, 4) is 0 Å². The lowest BCUT2D eigenvalue weighted by Crippen LogP contribution is -2.46. The number of carboxylic acids is 1. The van der Waals surface area contributed by atoms with Gasteiger partial charge in [0.2, 0.25) is 0 Å². The summed E-state index contributed by atoms with van der Waals surface area (Å²) in [7, 11) is 0. The predicted molar refractivity (Wildman–Crippen MR) is 65.9 cm³/mol. The van der Waals surface area contributed by atoms with Crippen LogP contribution in [0, 0.1) is 0 Å². The molecule has 1 aromatic carbocycles. The molecule has 1 aliphatic rings. The van der Waals surface area contributed by atoms with E-state index in [4.69, 9.17) is 21.4 Å². The molecule has 1 N–H and O–H groups in total. The van der Waals surface area contributed by atoms with Gasteiger partial charge < -0.3 is 9.84 Å². The van der Waals surface area contributed by atoms with Crippen LogP contribution in [-0.2, 0) is 9.53 Å². The van der Waals surface area contributed by atoms with Crippen LogP contribution in [0.25, 0.3) is 0 Å². The van der Waals surface area contributed by atoms with Gasteiger partial charge >= 0.3 is 12.1 Å². The van der Waals surface area contributed by atoms with Crippen LogP contribution in [-0.4, -0.2) is 29.8 Å². The smallest absolute Gasteiger partial charge is 0.414 e. The first-order valence-corrected chi connectivity index (χ1v) is 5.89. The van der Waals surface area contributed by atoms with Crippen molar-refractivity contribution in [2.24, 2.45) is 0 Å². The summed E-state index contributed by atoms with van der Waals surface area (Å²) in [5, 5.41) is 9.42. The molecular formula is C12H12ClNO4. The number of carbonyl (C=O) groups is 2. The van der Waals surface area contributed by atoms with E-state index in [1.165, 1.54) is 4.90 Å². The minimum atomic E-state index is -0.936. The quantitative estimate of drug-likeness (QED) is 0.916. The lowest BCUT2D eigenvalue weighted by Gasteiger charge is -2.34. The highest BCUT2D eigenvalue weighted by Gasteiger charge is 2.32. The minimum absolute atomic E-state index is 0.0995. The lowest BCUT2D eigenvalue weighted by atomic mass is 10.1. The number of anilines is 1. The zero-order valence-electron chi connectivity index (χ0n) is 9.51. The molecule has 5 nitrogen and oxygen atoms in total. The molecule has 1 amide bonds. The second-order valence-electron chi connectivity index (χ2n) is 4.00. The highest BCUT2D eigenvalue weighted by atomic mass is 35.5. The van der Waals surface area contributed by atoms with E-state index in [1.807, 2.05) is 0 Å². The number of halogens is 1. The van der Waals surface area contributed by atoms with Crippen molar-refractivity contribution >= 4 is 29.4 Å². The molecule has 1 saturated heterocycles. The van der Waals surface area contributed by atoms with Crippen LogP contribution in [0.15, 0.2) is 24.3 Å². The molecule has 1 unspecified atom stereocenters. The number of cyclic esters (lactones) is 1. The monoisotopic (exact) mass is 269 g/mol. The van der Waals surface area contributed by atoms with E-state index in [1.54, 1.807) is 24.3 Å². The first-order valence-electron chi connectivity index (χ1n) is 5.51. The summed E-state index contributed by atoms with van der Waals surface area (Å²) < 4.78 is 4.95. The molecular weight excluding hydrogens is 258 g/mol. The van der Waals surface area contributed by atoms with Crippen molar-refractivity contribution in [3.05, 3.63) is 29.3 Å². The molecule has 1 aliphatic heterocycles. The fourth-order valence-corrected chi connectivity index (χ4v) is 2.07. The van der Waals surface area contributed by atoms with Gasteiger partial charge in [-0.2, -0.15) is 0 Å². The summed E-state index contributed by atoms with van der Waals surface area (Å²) in [4.78, 5) is 23.9. The maximum atomic E-state index is 11.7. The topological polar surface area (TPSA) is 66.8 Å². The fourth-order valence-electron chi connectivity index (χ4n) is 1.94. The Morgan fingerprint density at radius 2 is 2.11 bits per heavy atom. The molecule has 0 spiro atoms. The molecule has 2 rings (SSSR count). The van der Waals surface area contributed by atoms with Gasteiger partial charge in [-0.1, -0.05) is 11.6 Å². The van der Waals surface area contributed by atoms with Gasteiger partial charge in [0.25, 0.3) is 0 Å². The summed E-state index contributed by atoms with van der Waals surface area (Å²) in [5.74, 6) is -0.936. The number of nitrogens with zero attached hydrogens (tertiary/aromatic N) is 1. The normalized spacial score (nSPS) is 19.5. The van der Waals surface area contributed by atoms with Crippen molar-refractivity contribution < 1.29 is 19.4 Å². The third-order valence-electron chi connectivity index (χ3n) is 2.75. The maximum Gasteiger partial charge on any atom is 0.414 e. The number of hydrogen-bond acceptors (Lipinski definition) is 3. The maximum absolute atomic E-state index is 11.7. The van der Waals surface area contributed by atoms with E-state index in [9.17, 15) is 9.59 Å². The van der Waals surface area contributed by atoms with Gasteiger partial charge in [-0.3, -0.25) is 9.69 Å². The first-order chi connectivity index (χ1) is 8.58. The van der Waals surface area contributed by atoms with Crippen LogP contribution in [0.3, 0.4) is 0 Å². The van der Waals surface area contributed by atoms with Crippen molar-refractivity contribution in [2.45, 2.75) is 18.9 Å². The Morgan fingerprint density at radius 1 is 1.44 bits per heavy atom. The van der Waals surface area contributed by atoms with Gasteiger partial charge in [0, 0.05) is 17.1 Å². The molecule has 96 valence electrons. The summed E-state index contributed by atoms with van der Waals surface area (Å²) >= 11 is 5.78. The third kappa shape index (κ3) is 2.73. The number of carboxylic acid groups (broad SMARTS) is 1. The van der Waals surface area contributed by atoms with Crippen LogP contribution in [0.5, 0.6) is 0 Å². The van der Waals surface area contributed by atoms with Crippen molar-refractivity contribution in [2.75, 3.05) is 11.5 Å². The number of rotatable bonds is 3. The Bertz CT molecular complexity index is 460. The minimum Gasteiger partial charge on any atom is -0.481 e. The number of carbonyl (C=O) groups excluding carboxylic acids is 1. The lowest BCUT2D eigenvalue weighted by molar-refractivity contribution is -0.137. The molecule has 1 aromatic rings. The fraction of sp³-hybridized carbons (Fsp3) is 0.333. The number of hydrogen-bond donors (Lipinski definition) is 1. The Labute approximate surface area is 109 Å². The average Bonchev–Trinajstić information content (AvgIpc) is 2.30. The van der Waals surface area contributed by atoms with E-state index < -0.39 is 12.1 Å². The number of amides is 1. The standard InChI is InChI=1S/C12H12ClNO4/c13-8-1-3-9(4-2-8)14-10(7-11(15)16)5-6-18-12(14)17/h1-4,10H,5-7H2,(H,15,16).